The molecule has 2 fully saturated rings. The van der Waals surface area contributed by atoms with Gasteiger partial charge in [-0.1, -0.05) is 13.3 Å². The summed E-state index contributed by atoms with van der Waals surface area (Å²) in [4.78, 5) is 15.0. The first-order valence-electron chi connectivity index (χ1n) is 9.32. The minimum Gasteiger partial charge on any atom is -0.467 e. The zero-order chi connectivity index (χ0) is 16.9. The zero-order valence-corrected chi connectivity index (χ0v) is 14.5. The lowest BCUT2D eigenvalue weighted by atomic mass is 9.91. The van der Waals surface area contributed by atoms with Gasteiger partial charge in [-0.2, -0.15) is 0 Å². The summed E-state index contributed by atoms with van der Waals surface area (Å²) in [6.45, 7) is 3.65. The Kier molecular flexibility index (Phi) is 5.95. The van der Waals surface area contributed by atoms with Gasteiger partial charge < -0.3 is 19.2 Å². The Hall–Kier alpha value is -1.33. The fourth-order valence-electron chi connectivity index (χ4n) is 4.09. The molecule has 0 aromatic carbocycles. The number of amides is 1. The quantitative estimate of drug-likeness (QED) is 0.866. The highest BCUT2D eigenvalue weighted by Gasteiger charge is 2.36. The van der Waals surface area contributed by atoms with Gasteiger partial charge in [0, 0.05) is 31.5 Å². The Morgan fingerprint density at radius 2 is 2.33 bits per heavy atom. The second kappa shape index (κ2) is 8.17. The van der Waals surface area contributed by atoms with E-state index in [1.807, 2.05) is 4.90 Å². The number of carbonyl (C=O) groups excluding carboxylic acids is 1. The van der Waals surface area contributed by atoms with Crippen molar-refractivity contribution in [2.75, 3.05) is 13.2 Å². The summed E-state index contributed by atoms with van der Waals surface area (Å²) in [5, 5.41) is 10.3. The molecule has 2 saturated heterocycles. The smallest absolute Gasteiger partial charge is 0.226 e. The fraction of sp³-hybridized carbons (Fsp3) is 0.737. The van der Waals surface area contributed by atoms with E-state index in [2.05, 4.69) is 6.92 Å². The average molecular weight is 335 g/mol. The summed E-state index contributed by atoms with van der Waals surface area (Å²) in [7, 11) is 0. The van der Waals surface area contributed by atoms with Crippen LogP contribution in [0.1, 0.15) is 63.7 Å². The topological polar surface area (TPSA) is 62.9 Å². The predicted octanol–water partition coefficient (Wildman–Crippen LogP) is 3.29. The number of aliphatic hydroxyl groups is 1. The van der Waals surface area contributed by atoms with E-state index in [4.69, 9.17) is 9.15 Å². The van der Waals surface area contributed by atoms with Crippen LogP contribution in [0.3, 0.4) is 0 Å². The molecule has 2 aliphatic heterocycles. The van der Waals surface area contributed by atoms with Crippen LogP contribution in [0.25, 0.3) is 0 Å². The van der Waals surface area contributed by atoms with Crippen molar-refractivity contribution in [3.05, 3.63) is 24.2 Å². The fourth-order valence-corrected chi connectivity index (χ4v) is 4.09. The summed E-state index contributed by atoms with van der Waals surface area (Å²) < 4.78 is 11.1. The molecule has 0 spiro atoms. The van der Waals surface area contributed by atoms with Crippen LogP contribution in [0, 0.1) is 5.92 Å². The summed E-state index contributed by atoms with van der Waals surface area (Å²) in [5.41, 5.74) is 0. The average Bonchev–Trinajstić information content (AvgIpc) is 3.26. The molecular formula is C19H29NO4. The molecule has 5 heteroatoms. The van der Waals surface area contributed by atoms with Crippen LogP contribution in [0.15, 0.2) is 22.8 Å². The minimum absolute atomic E-state index is 0.0802. The molecule has 5 nitrogen and oxygen atoms in total. The van der Waals surface area contributed by atoms with E-state index in [1.54, 1.807) is 18.4 Å². The molecule has 1 amide bonds. The number of carbonyl (C=O) groups is 1. The van der Waals surface area contributed by atoms with Crippen molar-refractivity contribution in [3.63, 3.8) is 0 Å². The molecule has 1 N–H and O–H groups in total. The molecule has 134 valence electrons. The number of aliphatic hydroxyl groups excluding tert-OH is 1. The second-order valence-corrected chi connectivity index (χ2v) is 7.10. The monoisotopic (exact) mass is 335 g/mol. The van der Waals surface area contributed by atoms with E-state index in [0.717, 1.165) is 45.1 Å². The first-order chi connectivity index (χ1) is 11.7. The second-order valence-electron chi connectivity index (χ2n) is 7.10. The van der Waals surface area contributed by atoms with Crippen molar-refractivity contribution in [1.82, 2.24) is 4.90 Å². The standard InChI is InChI=1S/C19H29NO4/c1-2-5-16-12-14(8-11-23-16)19(22)20-9-3-6-15(20)13-17(21)18-7-4-10-24-18/h4,7,10,14-17,21H,2-3,5-6,8-9,11-13H2,1H3. The molecule has 4 unspecified atom stereocenters. The summed E-state index contributed by atoms with van der Waals surface area (Å²) in [6, 6.07) is 3.69. The Bertz CT molecular complexity index is 513. The first kappa shape index (κ1) is 17.5. The van der Waals surface area contributed by atoms with Gasteiger partial charge in [0.1, 0.15) is 11.9 Å². The van der Waals surface area contributed by atoms with Gasteiger partial charge in [-0.05, 0) is 44.2 Å². The molecule has 2 aliphatic rings. The Labute approximate surface area is 144 Å². The van der Waals surface area contributed by atoms with Crippen LogP contribution >= 0.6 is 0 Å². The van der Waals surface area contributed by atoms with Crippen LogP contribution in [0.4, 0.5) is 0 Å². The number of hydrogen-bond donors (Lipinski definition) is 1. The van der Waals surface area contributed by atoms with Gasteiger partial charge in [-0.15, -0.1) is 0 Å². The van der Waals surface area contributed by atoms with E-state index in [1.165, 1.54) is 0 Å². The lowest BCUT2D eigenvalue weighted by molar-refractivity contribution is -0.142. The van der Waals surface area contributed by atoms with Crippen LogP contribution in [-0.4, -0.2) is 41.2 Å². The van der Waals surface area contributed by atoms with E-state index in [9.17, 15) is 9.90 Å². The van der Waals surface area contributed by atoms with Crippen molar-refractivity contribution in [1.29, 1.82) is 0 Å². The molecule has 1 aromatic rings. The summed E-state index contributed by atoms with van der Waals surface area (Å²) >= 11 is 0. The molecule has 1 aromatic heterocycles. The number of ether oxygens (including phenoxy) is 1. The third kappa shape index (κ3) is 4.01. The van der Waals surface area contributed by atoms with Gasteiger partial charge in [0.25, 0.3) is 0 Å². The Morgan fingerprint density at radius 3 is 3.08 bits per heavy atom. The lowest BCUT2D eigenvalue weighted by Gasteiger charge is -2.34. The van der Waals surface area contributed by atoms with Gasteiger partial charge >= 0.3 is 0 Å². The molecule has 0 radical (unpaired) electrons. The lowest BCUT2D eigenvalue weighted by Crippen LogP contribution is -2.43. The van der Waals surface area contributed by atoms with Gasteiger partial charge in [-0.3, -0.25) is 4.79 Å². The molecule has 3 heterocycles. The van der Waals surface area contributed by atoms with Crippen molar-refractivity contribution < 1.29 is 19.1 Å². The summed E-state index contributed by atoms with van der Waals surface area (Å²) in [5.74, 6) is 0.925. The minimum atomic E-state index is -0.638. The summed E-state index contributed by atoms with van der Waals surface area (Å²) in [6.07, 6.45) is 7.49. The molecule has 0 saturated carbocycles. The van der Waals surface area contributed by atoms with E-state index < -0.39 is 6.10 Å². The van der Waals surface area contributed by atoms with Crippen molar-refractivity contribution in [2.24, 2.45) is 5.92 Å². The van der Waals surface area contributed by atoms with E-state index in [0.29, 0.717) is 18.8 Å². The van der Waals surface area contributed by atoms with Crippen LogP contribution < -0.4 is 0 Å². The number of hydrogen-bond acceptors (Lipinski definition) is 4. The normalized spacial score (nSPS) is 28.9. The number of furan rings is 1. The van der Waals surface area contributed by atoms with Crippen molar-refractivity contribution >= 4 is 5.91 Å². The number of likely N-dealkylation sites (tertiary alicyclic amines) is 1. The van der Waals surface area contributed by atoms with Crippen LogP contribution in [0.2, 0.25) is 0 Å². The molecular weight excluding hydrogens is 306 g/mol. The molecule has 0 bridgehead atoms. The zero-order valence-electron chi connectivity index (χ0n) is 14.5. The maximum Gasteiger partial charge on any atom is 0.226 e. The SMILES string of the molecule is CCCC1CC(C(=O)N2CCCC2CC(O)c2ccco2)CCO1. The molecule has 0 aliphatic carbocycles. The van der Waals surface area contributed by atoms with Gasteiger partial charge in [-0.25, -0.2) is 0 Å². The Morgan fingerprint density at radius 1 is 1.46 bits per heavy atom. The van der Waals surface area contributed by atoms with E-state index in [-0.39, 0.29) is 24.0 Å². The largest absolute Gasteiger partial charge is 0.467 e. The molecule has 4 atom stereocenters. The highest BCUT2D eigenvalue weighted by Crippen LogP contribution is 2.32. The van der Waals surface area contributed by atoms with Crippen LogP contribution in [-0.2, 0) is 9.53 Å². The Balaban J connectivity index is 1.59. The van der Waals surface area contributed by atoms with Gasteiger partial charge in [0.2, 0.25) is 5.91 Å². The first-order valence-corrected chi connectivity index (χ1v) is 9.32. The molecule has 3 rings (SSSR count). The van der Waals surface area contributed by atoms with E-state index >= 15 is 0 Å². The highest BCUT2D eigenvalue weighted by molar-refractivity contribution is 5.79. The third-order valence-electron chi connectivity index (χ3n) is 5.35. The number of nitrogens with zero attached hydrogens (tertiary/aromatic N) is 1. The molecule has 24 heavy (non-hydrogen) atoms. The van der Waals surface area contributed by atoms with Gasteiger partial charge in [0.05, 0.1) is 12.4 Å². The maximum absolute atomic E-state index is 13.0. The maximum atomic E-state index is 13.0. The third-order valence-corrected chi connectivity index (χ3v) is 5.35. The van der Waals surface area contributed by atoms with Crippen molar-refractivity contribution in [3.8, 4) is 0 Å². The number of rotatable bonds is 6. The van der Waals surface area contributed by atoms with Crippen LogP contribution in [0.5, 0.6) is 0 Å². The predicted molar refractivity (Wildman–Crippen MR) is 90.4 cm³/mol. The van der Waals surface area contributed by atoms with Gasteiger partial charge in [0.15, 0.2) is 0 Å². The highest BCUT2D eigenvalue weighted by atomic mass is 16.5. The van der Waals surface area contributed by atoms with Crippen molar-refractivity contribution in [2.45, 2.75) is 70.1 Å².